The summed E-state index contributed by atoms with van der Waals surface area (Å²) >= 11 is 5.30. The van der Waals surface area contributed by atoms with E-state index in [1.807, 2.05) is 23.9 Å². The molecule has 0 radical (unpaired) electrons. The summed E-state index contributed by atoms with van der Waals surface area (Å²) in [4.78, 5) is 1.27. The van der Waals surface area contributed by atoms with Crippen molar-refractivity contribution >= 4 is 27.7 Å². The van der Waals surface area contributed by atoms with Crippen LogP contribution in [0.5, 0.6) is 0 Å². The zero-order valence-corrected chi connectivity index (χ0v) is 12.6. The first-order valence-electron chi connectivity index (χ1n) is 5.99. The van der Waals surface area contributed by atoms with Crippen LogP contribution in [0.15, 0.2) is 33.6 Å². The lowest BCUT2D eigenvalue weighted by atomic mass is 10.2. The Morgan fingerprint density at radius 1 is 1.47 bits per heavy atom. The molecule has 1 rings (SSSR count). The van der Waals surface area contributed by atoms with Gasteiger partial charge in [-0.3, -0.25) is 0 Å². The molecule has 0 bridgehead atoms. The summed E-state index contributed by atoms with van der Waals surface area (Å²) in [6.45, 7) is 3.34. The number of halogens is 1. The van der Waals surface area contributed by atoms with E-state index in [4.69, 9.17) is 0 Å². The summed E-state index contributed by atoms with van der Waals surface area (Å²) in [5, 5.41) is 12.6. The number of rotatable bonds is 8. The van der Waals surface area contributed by atoms with Crippen LogP contribution in [0.25, 0.3) is 0 Å². The Balaban J connectivity index is 2.26. The number of hydrogen-bond donors (Lipinski definition) is 2. The summed E-state index contributed by atoms with van der Waals surface area (Å²) in [6, 6.07) is 8.55. The maximum atomic E-state index is 9.21. The third-order valence-corrected chi connectivity index (χ3v) is 3.95. The highest BCUT2D eigenvalue weighted by Gasteiger charge is 2.05. The van der Waals surface area contributed by atoms with Gasteiger partial charge in [-0.1, -0.05) is 28.9 Å². The van der Waals surface area contributed by atoms with Crippen molar-refractivity contribution in [3.05, 3.63) is 28.7 Å². The van der Waals surface area contributed by atoms with Crippen molar-refractivity contribution in [2.24, 2.45) is 0 Å². The van der Waals surface area contributed by atoms with Crippen LogP contribution in [0.1, 0.15) is 19.8 Å². The van der Waals surface area contributed by atoms with Gasteiger partial charge >= 0.3 is 0 Å². The Bertz CT molecular complexity index is 322. The molecule has 96 valence electrons. The smallest absolute Gasteiger partial charge is 0.0584 e. The second kappa shape index (κ2) is 8.97. The van der Waals surface area contributed by atoms with Gasteiger partial charge in [-0.15, -0.1) is 11.8 Å². The Morgan fingerprint density at radius 2 is 2.29 bits per heavy atom. The first kappa shape index (κ1) is 15.0. The fourth-order valence-electron chi connectivity index (χ4n) is 1.48. The molecule has 0 saturated carbocycles. The van der Waals surface area contributed by atoms with Crippen molar-refractivity contribution in [2.75, 3.05) is 18.9 Å². The minimum absolute atomic E-state index is 0.221. The molecule has 0 aliphatic rings. The predicted octanol–water partition coefficient (Wildman–Crippen LogP) is 3.29. The van der Waals surface area contributed by atoms with E-state index < -0.39 is 0 Å². The van der Waals surface area contributed by atoms with E-state index in [-0.39, 0.29) is 12.6 Å². The second-order valence-electron chi connectivity index (χ2n) is 3.93. The van der Waals surface area contributed by atoms with Crippen molar-refractivity contribution in [1.29, 1.82) is 0 Å². The number of benzene rings is 1. The molecule has 0 aliphatic heterocycles. The standard InChI is InChI=1S/C13H20BrNOS/c1-2-7-15-12(10-16)6-8-17-13-5-3-4-11(14)9-13/h3-5,9,12,15-16H,2,6-8,10H2,1H3. The van der Waals surface area contributed by atoms with Crippen LogP contribution in [-0.2, 0) is 0 Å². The van der Waals surface area contributed by atoms with Gasteiger partial charge in [0.1, 0.15) is 0 Å². The predicted molar refractivity (Wildman–Crippen MR) is 78.7 cm³/mol. The minimum Gasteiger partial charge on any atom is -0.395 e. The van der Waals surface area contributed by atoms with E-state index in [2.05, 4.69) is 40.3 Å². The van der Waals surface area contributed by atoms with Crippen LogP contribution in [-0.4, -0.2) is 30.1 Å². The van der Waals surface area contributed by atoms with E-state index in [1.165, 1.54) is 4.90 Å². The minimum atomic E-state index is 0.221. The third kappa shape index (κ3) is 6.46. The van der Waals surface area contributed by atoms with Gasteiger partial charge in [0, 0.05) is 15.4 Å². The Morgan fingerprint density at radius 3 is 2.94 bits per heavy atom. The molecule has 0 heterocycles. The molecule has 2 nitrogen and oxygen atoms in total. The number of aliphatic hydroxyl groups excluding tert-OH is 1. The van der Waals surface area contributed by atoms with Gasteiger partial charge in [0.25, 0.3) is 0 Å². The maximum Gasteiger partial charge on any atom is 0.0584 e. The first-order valence-corrected chi connectivity index (χ1v) is 7.76. The summed E-state index contributed by atoms with van der Waals surface area (Å²) in [5.74, 6) is 1.03. The second-order valence-corrected chi connectivity index (χ2v) is 6.01. The van der Waals surface area contributed by atoms with Gasteiger partial charge in [0.2, 0.25) is 0 Å². The Kier molecular flexibility index (Phi) is 7.93. The van der Waals surface area contributed by atoms with E-state index >= 15 is 0 Å². The zero-order valence-electron chi connectivity index (χ0n) is 10.2. The number of aliphatic hydroxyl groups is 1. The number of hydrogen-bond acceptors (Lipinski definition) is 3. The lowest BCUT2D eigenvalue weighted by Gasteiger charge is -2.15. The van der Waals surface area contributed by atoms with Crippen LogP contribution in [0.3, 0.4) is 0 Å². The monoisotopic (exact) mass is 317 g/mol. The molecular formula is C13H20BrNOS. The van der Waals surface area contributed by atoms with Gasteiger partial charge in [-0.2, -0.15) is 0 Å². The molecule has 1 atom stereocenters. The van der Waals surface area contributed by atoms with Crippen molar-refractivity contribution in [3.63, 3.8) is 0 Å². The van der Waals surface area contributed by atoms with Gasteiger partial charge in [-0.25, -0.2) is 0 Å². The number of thioether (sulfide) groups is 1. The van der Waals surface area contributed by atoms with Crippen molar-refractivity contribution < 1.29 is 5.11 Å². The van der Waals surface area contributed by atoms with Crippen LogP contribution >= 0.6 is 27.7 Å². The zero-order chi connectivity index (χ0) is 12.5. The molecule has 17 heavy (non-hydrogen) atoms. The quantitative estimate of drug-likeness (QED) is 0.722. The third-order valence-electron chi connectivity index (χ3n) is 2.43. The maximum absolute atomic E-state index is 9.21. The molecule has 0 saturated heterocycles. The molecule has 2 N–H and O–H groups in total. The molecular weight excluding hydrogens is 298 g/mol. The van der Waals surface area contributed by atoms with E-state index in [0.29, 0.717) is 0 Å². The van der Waals surface area contributed by atoms with Crippen molar-refractivity contribution in [1.82, 2.24) is 5.32 Å². The highest BCUT2D eigenvalue weighted by atomic mass is 79.9. The van der Waals surface area contributed by atoms with Gasteiger partial charge < -0.3 is 10.4 Å². The highest BCUT2D eigenvalue weighted by Crippen LogP contribution is 2.22. The Labute approximate surface area is 116 Å². The SMILES string of the molecule is CCCNC(CO)CCSc1cccc(Br)c1. The van der Waals surface area contributed by atoms with E-state index in [0.717, 1.165) is 29.6 Å². The van der Waals surface area contributed by atoms with E-state index in [9.17, 15) is 5.11 Å². The molecule has 1 unspecified atom stereocenters. The average molecular weight is 318 g/mol. The van der Waals surface area contributed by atoms with Crippen LogP contribution in [0.4, 0.5) is 0 Å². The van der Waals surface area contributed by atoms with Crippen LogP contribution < -0.4 is 5.32 Å². The van der Waals surface area contributed by atoms with Gasteiger partial charge in [-0.05, 0) is 43.3 Å². The first-order chi connectivity index (χ1) is 8.26. The largest absolute Gasteiger partial charge is 0.395 e. The summed E-state index contributed by atoms with van der Waals surface area (Å²) in [7, 11) is 0. The molecule has 0 aliphatic carbocycles. The lowest BCUT2D eigenvalue weighted by molar-refractivity contribution is 0.240. The molecule has 0 amide bonds. The van der Waals surface area contributed by atoms with E-state index in [1.54, 1.807) is 0 Å². The average Bonchev–Trinajstić information content (AvgIpc) is 2.33. The summed E-state index contributed by atoms with van der Waals surface area (Å²) < 4.78 is 1.12. The lowest BCUT2D eigenvalue weighted by Crippen LogP contribution is -2.33. The van der Waals surface area contributed by atoms with Crippen molar-refractivity contribution in [3.8, 4) is 0 Å². The molecule has 0 aromatic heterocycles. The van der Waals surface area contributed by atoms with Gasteiger partial charge in [0.15, 0.2) is 0 Å². The Hall–Kier alpha value is -0.0300. The molecule has 4 heteroatoms. The summed E-state index contributed by atoms with van der Waals surface area (Å²) in [5.41, 5.74) is 0. The normalized spacial score (nSPS) is 12.6. The van der Waals surface area contributed by atoms with Crippen LogP contribution in [0.2, 0.25) is 0 Å². The van der Waals surface area contributed by atoms with Crippen LogP contribution in [0, 0.1) is 0 Å². The number of nitrogens with one attached hydrogen (secondary N) is 1. The molecule has 0 spiro atoms. The molecule has 1 aromatic rings. The highest BCUT2D eigenvalue weighted by molar-refractivity contribution is 9.10. The summed E-state index contributed by atoms with van der Waals surface area (Å²) in [6.07, 6.45) is 2.10. The fourth-order valence-corrected chi connectivity index (χ4v) is 3.06. The fraction of sp³-hybridized carbons (Fsp3) is 0.538. The molecule has 0 fully saturated rings. The van der Waals surface area contributed by atoms with Crippen molar-refractivity contribution in [2.45, 2.75) is 30.7 Å². The van der Waals surface area contributed by atoms with Gasteiger partial charge in [0.05, 0.1) is 6.61 Å². The molecule has 1 aromatic carbocycles. The topological polar surface area (TPSA) is 32.3 Å².